The van der Waals surface area contributed by atoms with Gasteiger partial charge in [-0.2, -0.15) is 0 Å². The van der Waals surface area contributed by atoms with Crippen LogP contribution in [0.4, 0.5) is 0 Å². The number of halogens is 1. The van der Waals surface area contributed by atoms with Gasteiger partial charge in [0.25, 0.3) is 0 Å². The van der Waals surface area contributed by atoms with E-state index in [1.807, 2.05) is 0 Å². The third-order valence-electron chi connectivity index (χ3n) is 2.54. The first-order valence-corrected chi connectivity index (χ1v) is 9.20. The number of unbranched alkanes of at least 4 members (excludes halogenated alkanes) is 2. The van der Waals surface area contributed by atoms with Gasteiger partial charge in [0.15, 0.2) is 0 Å². The second-order valence-electron chi connectivity index (χ2n) is 3.98. The topological polar surface area (TPSA) is 17.1 Å². The van der Waals surface area contributed by atoms with Gasteiger partial charge in [0.1, 0.15) is 0 Å². The third kappa shape index (κ3) is 7.06. The van der Waals surface area contributed by atoms with Crippen molar-refractivity contribution in [3.05, 3.63) is 0 Å². The van der Waals surface area contributed by atoms with Crippen molar-refractivity contribution in [2.75, 3.05) is 23.8 Å². The van der Waals surface area contributed by atoms with Crippen LogP contribution >= 0.6 is 23.1 Å². The molecule has 86 valence electrons. The Balaban J connectivity index is 3.97. The summed E-state index contributed by atoms with van der Waals surface area (Å²) >= 11 is 3.42. The maximum Gasteiger partial charge on any atom is 0.0877 e. The van der Waals surface area contributed by atoms with Crippen molar-refractivity contribution in [2.45, 2.75) is 46.0 Å². The summed E-state index contributed by atoms with van der Waals surface area (Å²) in [6, 6.07) is 0. The number of hydrogen-bond donors (Lipinski definition) is 0. The van der Waals surface area contributed by atoms with Crippen molar-refractivity contribution in [1.29, 1.82) is 0 Å². The van der Waals surface area contributed by atoms with E-state index in [4.69, 9.17) is 0 Å². The zero-order chi connectivity index (χ0) is 10.9. The van der Waals surface area contributed by atoms with Gasteiger partial charge in [-0.25, -0.2) is 0 Å². The average molecular weight is 283 g/mol. The Morgan fingerprint density at radius 2 is 1.36 bits per heavy atom. The second kappa shape index (κ2) is 8.97. The van der Waals surface area contributed by atoms with Crippen molar-refractivity contribution in [3.63, 3.8) is 0 Å². The van der Waals surface area contributed by atoms with E-state index < -0.39 is 7.14 Å². The molecule has 0 amide bonds. The SMILES string of the molecule is CCCCP(=O)(CCCC)CCCBr. The highest BCUT2D eigenvalue weighted by atomic mass is 79.9. The highest BCUT2D eigenvalue weighted by Gasteiger charge is 2.19. The summed E-state index contributed by atoms with van der Waals surface area (Å²) < 4.78 is 12.5. The molecule has 3 heteroatoms. The van der Waals surface area contributed by atoms with Crippen molar-refractivity contribution >= 4 is 23.1 Å². The van der Waals surface area contributed by atoms with Crippen LogP contribution in [0.5, 0.6) is 0 Å². The van der Waals surface area contributed by atoms with Crippen molar-refractivity contribution in [3.8, 4) is 0 Å². The number of alkyl halides is 1. The largest absolute Gasteiger partial charge is 0.324 e. The second-order valence-corrected chi connectivity index (χ2v) is 8.23. The lowest BCUT2D eigenvalue weighted by molar-refractivity contribution is 0.569. The van der Waals surface area contributed by atoms with Gasteiger partial charge >= 0.3 is 0 Å². The third-order valence-corrected chi connectivity index (χ3v) is 6.49. The maximum absolute atomic E-state index is 12.5. The van der Waals surface area contributed by atoms with Crippen LogP contribution in [0.2, 0.25) is 0 Å². The van der Waals surface area contributed by atoms with Crippen LogP contribution in [-0.2, 0) is 4.57 Å². The Labute approximate surface area is 97.5 Å². The molecule has 0 saturated carbocycles. The molecule has 0 unspecified atom stereocenters. The van der Waals surface area contributed by atoms with Crippen molar-refractivity contribution in [1.82, 2.24) is 0 Å². The average Bonchev–Trinajstić information content (AvgIpc) is 2.21. The van der Waals surface area contributed by atoms with Gasteiger partial charge in [-0.1, -0.05) is 42.6 Å². The Morgan fingerprint density at radius 1 is 0.929 bits per heavy atom. The molecule has 0 aliphatic rings. The first kappa shape index (κ1) is 14.7. The molecule has 0 aromatic rings. The standard InChI is InChI=1S/C11H24BrOP/c1-3-5-9-14(13,10-6-4-2)11-7-8-12/h3-11H2,1-2H3. The molecule has 0 aromatic heterocycles. The first-order valence-electron chi connectivity index (χ1n) is 5.81. The van der Waals surface area contributed by atoms with Crippen LogP contribution in [0.1, 0.15) is 46.0 Å². The molecule has 1 nitrogen and oxygen atoms in total. The van der Waals surface area contributed by atoms with Gasteiger partial charge in [0, 0.05) is 23.8 Å². The lowest BCUT2D eigenvalue weighted by Gasteiger charge is -2.17. The molecule has 0 atom stereocenters. The fourth-order valence-corrected chi connectivity index (χ4v) is 5.48. The van der Waals surface area contributed by atoms with Crippen molar-refractivity contribution < 1.29 is 4.57 Å². The molecule has 0 N–H and O–H groups in total. The van der Waals surface area contributed by atoms with Crippen LogP contribution in [0.3, 0.4) is 0 Å². The Kier molecular flexibility index (Phi) is 9.43. The molecule has 0 fully saturated rings. The first-order chi connectivity index (χ1) is 6.68. The fraction of sp³-hybridized carbons (Fsp3) is 1.00. The van der Waals surface area contributed by atoms with Gasteiger partial charge in [0.05, 0.1) is 7.14 Å². The van der Waals surface area contributed by atoms with Crippen LogP contribution in [-0.4, -0.2) is 23.8 Å². The molecule has 0 rings (SSSR count). The minimum Gasteiger partial charge on any atom is -0.324 e. The molecular formula is C11H24BrOP. The number of hydrogen-bond acceptors (Lipinski definition) is 1. The van der Waals surface area contributed by atoms with E-state index in [0.29, 0.717) is 0 Å². The van der Waals surface area contributed by atoms with Crippen LogP contribution in [0.25, 0.3) is 0 Å². The summed E-state index contributed by atoms with van der Waals surface area (Å²) in [4.78, 5) is 0. The van der Waals surface area contributed by atoms with Gasteiger partial charge in [0.2, 0.25) is 0 Å². The van der Waals surface area contributed by atoms with E-state index in [2.05, 4.69) is 29.8 Å². The number of rotatable bonds is 9. The van der Waals surface area contributed by atoms with E-state index in [9.17, 15) is 4.57 Å². The summed E-state index contributed by atoms with van der Waals surface area (Å²) in [6.45, 7) is 4.35. The predicted molar refractivity (Wildman–Crippen MR) is 70.4 cm³/mol. The molecule has 0 aliphatic heterocycles. The quantitative estimate of drug-likeness (QED) is 0.441. The molecule has 0 heterocycles. The Morgan fingerprint density at radius 3 is 1.71 bits per heavy atom. The van der Waals surface area contributed by atoms with Gasteiger partial charge in [-0.3, -0.25) is 0 Å². The molecule has 0 saturated heterocycles. The highest BCUT2D eigenvalue weighted by Crippen LogP contribution is 2.47. The summed E-state index contributed by atoms with van der Waals surface area (Å²) in [5.41, 5.74) is 0. The fourth-order valence-electron chi connectivity index (χ4n) is 1.58. The van der Waals surface area contributed by atoms with Crippen LogP contribution in [0.15, 0.2) is 0 Å². The van der Waals surface area contributed by atoms with E-state index in [1.54, 1.807) is 0 Å². The smallest absolute Gasteiger partial charge is 0.0877 e. The van der Waals surface area contributed by atoms with E-state index in [0.717, 1.165) is 43.1 Å². The van der Waals surface area contributed by atoms with Gasteiger partial charge in [-0.05, 0) is 19.3 Å². The molecule has 0 aromatic carbocycles. The summed E-state index contributed by atoms with van der Waals surface area (Å²) in [5, 5.41) is 0.995. The minimum atomic E-state index is -1.80. The van der Waals surface area contributed by atoms with Crippen LogP contribution < -0.4 is 0 Å². The molecule has 0 radical (unpaired) electrons. The Hall–Kier alpha value is 0.710. The molecule has 14 heavy (non-hydrogen) atoms. The molecule has 0 aliphatic carbocycles. The van der Waals surface area contributed by atoms with E-state index in [-0.39, 0.29) is 0 Å². The minimum absolute atomic E-state index is 0.957. The zero-order valence-electron chi connectivity index (χ0n) is 9.60. The lowest BCUT2D eigenvalue weighted by atomic mass is 10.4. The van der Waals surface area contributed by atoms with E-state index in [1.165, 1.54) is 12.8 Å². The molecule has 0 bridgehead atoms. The Bertz CT molecular complexity index is 142. The lowest BCUT2D eigenvalue weighted by Crippen LogP contribution is -2.01. The summed E-state index contributed by atoms with van der Waals surface area (Å²) in [7, 11) is -1.80. The monoisotopic (exact) mass is 282 g/mol. The zero-order valence-corrected chi connectivity index (χ0v) is 12.1. The summed E-state index contributed by atoms with van der Waals surface area (Å²) in [6.07, 6.45) is 8.62. The van der Waals surface area contributed by atoms with Gasteiger partial charge in [-0.15, -0.1) is 0 Å². The normalized spacial score (nSPS) is 11.9. The van der Waals surface area contributed by atoms with E-state index >= 15 is 0 Å². The van der Waals surface area contributed by atoms with Crippen LogP contribution in [0, 0.1) is 0 Å². The predicted octanol–water partition coefficient (Wildman–Crippen LogP) is 4.73. The highest BCUT2D eigenvalue weighted by molar-refractivity contribution is 9.09. The van der Waals surface area contributed by atoms with Crippen molar-refractivity contribution in [2.24, 2.45) is 0 Å². The molecule has 0 spiro atoms. The maximum atomic E-state index is 12.5. The van der Waals surface area contributed by atoms with Gasteiger partial charge < -0.3 is 4.57 Å². The molecular weight excluding hydrogens is 259 g/mol. The summed E-state index contributed by atoms with van der Waals surface area (Å²) in [5.74, 6) is 0.